The largest absolute Gasteiger partial charge is 0.299 e. The normalized spacial score (nSPS) is 13.7. The predicted octanol–water partition coefficient (Wildman–Crippen LogP) is 10.3. The lowest BCUT2D eigenvalue weighted by Gasteiger charge is -2.36. The van der Waals surface area contributed by atoms with Crippen molar-refractivity contribution < 1.29 is 0 Å². The Balaban J connectivity index is 1.18. The Kier molecular flexibility index (Phi) is 7.50. The van der Waals surface area contributed by atoms with Crippen molar-refractivity contribution in [2.24, 2.45) is 0 Å². The highest BCUT2D eigenvalue weighted by atomic mass is 32.2. The van der Waals surface area contributed by atoms with Gasteiger partial charge < -0.3 is 0 Å². The van der Waals surface area contributed by atoms with Crippen molar-refractivity contribution in [1.82, 2.24) is 18.9 Å². The molecule has 0 fully saturated rings. The number of nitrogens with zero attached hydrogens (tertiary/aromatic N) is 4. The molecule has 0 saturated carbocycles. The predicted molar refractivity (Wildman–Crippen MR) is 249 cm³/mol. The van der Waals surface area contributed by atoms with Gasteiger partial charge in [0.2, 0.25) is 0 Å². The van der Waals surface area contributed by atoms with Gasteiger partial charge in [0, 0.05) is 66.6 Å². The van der Waals surface area contributed by atoms with Gasteiger partial charge in [0.15, 0.2) is 8.07 Å². The van der Waals surface area contributed by atoms with E-state index in [1.165, 1.54) is 63.3 Å². The molecule has 0 saturated heterocycles. The second kappa shape index (κ2) is 12.9. The van der Waals surface area contributed by atoms with Crippen molar-refractivity contribution >= 4 is 89.8 Å². The number of imidazole rings is 1. The minimum Gasteiger partial charge on any atom is -0.299 e. The van der Waals surface area contributed by atoms with Gasteiger partial charge in [-0.2, -0.15) is 0 Å². The van der Waals surface area contributed by atoms with Gasteiger partial charge in [0.1, 0.15) is 11.3 Å². The van der Waals surface area contributed by atoms with Gasteiger partial charge in [-0.25, -0.2) is 9.97 Å². The van der Waals surface area contributed by atoms with Crippen LogP contribution in [0.5, 0.6) is 0 Å². The van der Waals surface area contributed by atoms with Crippen LogP contribution < -0.4 is 20.7 Å². The molecule has 280 valence electrons. The summed E-state index contributed by atoms with van der Waals surface area (Å²) in [6, 6.07) is 65.6. The summed E-state index contributed by atoms with van der Waals surface area (Å²) in [6.45, 7) is 4.77. The number of para-hydroxylation sites is 1. The minimum atomic E-state index is -3.01. The molecule has 0 spiro atoms. The second-order valence-corrected chi connectivity index (χ2v) is 21.1. The lowest BCUT2D eigenvalue weighted by atomic mass is 9.76. The van der Waals surface area contributed by atoms with Crippen molar-refractivity contribution in [2.75, 3.05) is 0 Å². The quantitative estimate of drug-likeness (QED) is 0.0990. The van der Waals surface area contributed by atoms with Crippen LogP contribution in [0.25, 0.3) is 54.9 Å². The number of aromatic nitrogens is 4. The maximum Gasteiger partial charge on any atom is 0.179 e. The van der Waals surface area contributed by atoms with E-state index >= 15 is 0 Å². The van der Waals surface area contributed by atoms with Crippen LogP contribution in [0.1, 0.15) is 25.0 Å². The van der Waals surface area contributed by atoms with Crippen LogP contribution in [0.2, 0.25) is 0 Å². The molecule has 0 atom stereocenters. The van der Waals surface area contributed by atoms with Crippen LogP contribution in [0.4, 0.5) is 0 Å². The third-order valence-corrected chi connectivity index (χ3v) is 18.7. The molecule has 1 aliphatic rings. The topological polar surface area (TPSA) is 35.1 Å². The minimum absolute atomic E-state index is 0.236. The molecule has 0 amide bonds. The first-order valence-electron chi connectivity index (χ1n) is 20.2. The first kappa shape index (κ1) is 34.3. The molecule has 0 radical (unpaired) electrons. The fourth-order valence-electron chi connectivity index (χ4n) is 10.2. The first-order chi connectivity index (χ1) is 29.0. The third-order valence-electron chi connectivity index (χ3n) is 12.8. The van der Waals surface area contributed by atoms with Gasteiger partial charge in [-0.3, -0.25) is 8.97 Å². The molecule has 7 aromatic carbocycles. The molecule has 0 N–H and O–H groups in total. The van der Waals surface area contributed by atoms with E-state index in [2.05, 4.69) is 205 Å². The van der Waals surface area contributed by atoms with E-state index in [0.29, 0.717) is 0 Å². The summed E-state index contributed by atoms with van der Waals surface area (Å²) in [4.78, 5) is 12.7. The van der Waals surface area contributed by atoms with Crippen molar-refractivity contribution in [3.05, 3.63) is 206 Å². The molecule has 1 aliphatic heterocycles. The molecule has 12 rings (SSSR count). The Morgan fingerprint density at radius 2 is 1.17 bits per heavy atom. The number of pyridine rings is 2. The number of benzene rings is 7. The number of hydrogen-bond donors (Lipinski definition) is 0. The van der Waals surface area contributed by atoms with E-state index in [4.69, 9.17) is 9.97 Å². The maximum atomic E-state index is 5.14. The SMILES string of the molecule is CC1(C)c2ccccc2Sc2ccc3c4cccnc4n(-c4cccc([Si](c5ccccc5)(c5ccccc5)c5ccc6c7ccccc7n7ccnc7c6c5)c4)c3c21. The van der Waals surface area contributed by atoms with Crippen molar-refractivity contribution in [2.45, 2.75) is 29.1 Å². The van der Waals surface area contributed by atoms with E-state index in [0.717, 1.165) is 33.3 Å². The Hall–Kier alpha value is -6.73. The van der Waals surface area contributed by atoms with Crippen LogP contribution in [-0.2, 0) is 5.41 Å². The van der Waals surface area contributed by atoms with E-state index in [9.17, 15) is 0 Å². The van der Waals surface area contributed by atoms with Gasteiger partial charge in [-0.1, -0.05) is 159 Å². The summed E-state index contributed by atoms with van der Waals surface area (Å²) in [5.74, 6) is 0. The summed E-state index contributed by atoms with van der Waals surface area (Å²) in [7, 11) is -3.01. The standard InChI is InChI=1S/C53H38N4SSi/c1-53(2)45-23-10-12-25-47(45)58-48-29-28-42-43-22-14-30-54-52(43)57(50(42)49(48)53)35-15-13-20-38(33-35)59(36-16-5-3-6-17-36,37-18-7-4-8-19-37)39-26-27-40-41-21-9-11-24-46(41)56-32-31-55-51(56)44(40)34-39/h3-34H,1-2H3. The fourth-order valence-corrected chi connectivity index (χ4v) is 16.4. The molecule has 0 bridgehead atoms. The van der Waals surface area contributed by atoms with Gasteiger partial charge in [-0.15, -0.1) is 0 Å². The molecule has 0 aliphatic carbocycles. The van der Waals surface area contributed by atoms with E-state index in [-0.39, 0.29) is 5.41 Å². The summed E-state index contributed by atoms with van der Waals surface area (Å²) < 4.78 is 4.70. The lowest BCUT2D eigenvalue weighted by Crippen LogP contribution is -2.74. The molecule has 11 aromatic rings. The van der Waals surface area contributed by atoms with E-state index in [1.807, 2.05) is 24.2 Å². The Bertz CT molecular complexity index is 3420. The highest BCUT2D eigenvalue weighted by Crippen LogP contribution is 2.52. The Morgan fingerprint density at radius 1 is 0.492 bits per heavy atom. The van der Waals surface area contributed by atoms with Crippen LogP contribution in [0, 0.1) is 0 Å². The molecule has 6 heteroatoms. The first-order valence-corrected chi connectivity index (χ1v) is 23.0. The molecule has 5 heterocycles. The zero-order valence-electron chi connectivity index (χ0n) is 32.7. The van der Waals surface area contributed by atoms with Crippen molar-refractivity contribution in [3.63, 3.8) is 0 Å². The van der Waals surface area contributed by atoms with Gasteiger partial charge in [0.25, 0.3) is 0 Å². The highest BCUT2D eigenvalue weighted by molar-refractivity contribution is 7.99. The highest BCUT2D eigenvalue weighted by Gasteiger charge is 2.42. The molecule has 59 heavy (non-hydrogen) atoms. The third kappa shape index (κ3) is 4.84. The van der Waals surface area contributed by atoms with Gasteiger partial charge >= 0.3 is 0 Å². The van der Waals surface area contributed by atoms with Crippen LogP contribution in [0.3, 0.4) is 0 Å². The zero-order chi connectivity index (χ0) is 39.3. The zero-order valence-corrected chi connectivity index (χ0v) is 34.5. The lowest BCUT2D eigenvalue weighted by molar-refractivity contribution is 0.611. The smallest absolute Gasteiger partial charge is 0.179 e. The Labute approximate surface area is 347 Å². The summed E-state index contributed by atoms with van der Waals surface area (Å²) in [6.07, 6.45) is 5.95. The molecular formula is C53H38N4SSi. The summed E-state index contributed by atoms with van der Waals surface area (Å²) in [5, 5.41) is 11.3. The molecule has 0 unspecified atom stereocenters. The molecular weight excluding hydrogens is 753 g/mol. The van der Waals surface area contributed by atoms with Crippen LogP contribution in [-0.4, -0.2) is 27.0 Å². The summed E-state index contributed by atoms with van der Waals surface area (Å²) in [5.41, 5.74) is 7.92. The molecule has 4 aromatic heterocycles. The van der Waals surface area contributed by atoms with Gasteiger partial charge in [0.05, 0.1) is 11.0 Å². The summed E-state index contributed by atoms with van der Waals surface area (Å²) >= 11 is 1.88. The fraction of sp³-hybridized carbons (Fsp3) is 0.0566. The van der Waals surface area contributed by atoms with E-state index in [1.54, 1.807) is 0 Å². The van der Waals surface area contributed by atoms with Crippen molar-refractivity contribution in [3.8, 4) is 5.69 Å². The van der Waals surface area contributed by atoms with Gasteiger partial charge in [-0.05, 0) is 74.2 Å². The number of hydrogen-bond acceptors (Lipinski definition) is 3. The second-order valence-electron chi connectivity index (χ2n) is 16.2. The van der Waals surface area contributed by atoms with Crippen LogP contribution >= 0.6 is 11.8 Å². The Morgan fingerprint density at radius 3 is 2.00 bits per heavy atom. The van der Waals surface area contributed by atoms with Crippen molar-refractivity contribution in [1.29, 1.82) is 0 Å². The average molecular weight is 791 g/mol. The number of rotatable bonds is 5. The molecule has 4 nitrogen and oxygen atoms in total. The van der Waals surface area contributed by atoms with Crippen LogP contribution in [0.15, 0.2) is 204 Å². The number of fused-ring (bicyclic) bond motifs is 12. The van der Waals surface area contributed by atoms with E-state index < -0.39 is 8.07 Å². The average Bonchev–Trinajstić information content (AvgIpc) is 3.92. The maximum absolute atomic E-state index is 5.14. The monoisotopic (exact) mass is 790 g/mol.